The molecule has 3 amide bonds. The van der Waals surface area contributed by atoms with Gasteiger partial charge in [-0.05, 0) is 44.2 Å². The van der Waals surface area contributed by atoms with Gasteiger partial charge in [-0.3, -0.25) is 4.79 Å². The van der Waals surface area contributed by atoms with Crippen LogP contribution in [0.2, 0.25) is 0 Å². The van der Waals surface area contributed by atoms with Crippen molar-refractivity contribution >= 4 is 23.3 Å². The highest BCUT2D eigenvalue weighted by molar-refractivity contribution is 6.05. The molecule has 5 heteroatoms. The molecule has 3 N–H and O–H groups in total. The Morgan fingerprint density at radius 2 is 1.55 bits per heavy atom. The Bertz CT molecular complexity index is 654. The summed E-state index contributed by atoms with van der Waals surface area (Å²) >= 11 is 0. The van der Waals surface area contributed by atoms with E-state index >= 15 is 0 Å². The van der Waals surface area contributed by atoms with Gasteiger partial charge in [-0.1, -0.05) is 24.3 Å². The van der Waals surface area contributed by atoms with E-state index in [1.54, 1.807) is 24.3 Å². The predicted molar refractivity (Wildman–Crippen MR) is 88.1 cm³/mol. The van der Waals surface area contributed by atoms with Gasteiger partial charge in [-0.25, -0.2) is 4.79 Å². The normalized spacial score (nSPS) is 10.1. The first-order valence-electron chi connectivity index (χ1n) is 7.08. The number of anilines is 2. The van der Waals surface area contributed by atoms with Gasteiger partial charge >= 0.3 is 6.03 Å². The maximum atomic E-state index is 12.2. The molecule has 0 radical (unpaired) electrons. The van der Waals surface area contributed by atoms with Crippen LogP contribution in [-0.2, 0) is 0 Å². The van der Waals surface area contributed by atoms with Crippen LogP contribution in [0.5, 0.6) is 0 Å². The van der Waals surface area contributed by atoms with Crippen LogP contribution in [-0.4, -0.2) is 18.0 Å². The second-order valence-electron chi connectivity index (χ2n) is 5.15. The van der Waals surface area contributed by atoms with Crippen LogP contribution in [0.4, 0.5) is 16.2 Å². The standard InChI is InChI=1S/C17H19N3O2/c1-12(2)18-17(22)20-15-10-6-7-13(11-15)16(21)19-14-8-4-3-5-9-14/h3-12H,1-2H3,(H,19,21)(H2,18,20,22). The number of nitrogens with one attached hydrogen (secondary N) is 3. The Labute approximate surface area is 129 Å². The van der Waals surface area contributed by atoms with Crippen LogP contribution in [0.25, 0.3) is 0 Å². The molecule has 0 fully saturated rings. The molecule has 5 nitrogen and oxygen atoms in total. The molecule has 2 aromatic rings. The maximum absolute atomic E-state index is 12.2. The van der Waals surface area contributed by atoms with Gasteiger partial charge in [0, 0.05) is 23.0 Å². The van der Waals surface area contributed by atoms with Crippen LogP contribution < -0.4 is 16.0 Å². The number of carbonyl (C=O) groups excluding carboxylic acids is 2. The third kappa shape index (κ3) is 4.63. The first-order chi connectivity index (χ1) is 10.5. The Kier molecular flexibility index (Phi) is 5.14. The third-order valence-corrected chi connectivity index (χ3v) is 2.83. The van der Waals surface area contributed by atoms with Gasteiger partial charge in [-0.2, -0.15) is 0 Å². The van der Waals surface area contributed by atoms with E-state index in [1.165, 1.54) is 0 Å². The molecular formula is C17H19N3O2. The molecule has 0 aliphatic carbocycles. The molecule has 0 saturated heterocycles. The van der Waals surface area contributed by atoms with E-state index in [9.17, 15) is 9.59 Å². The molecule has 2 aromatic carbocycles. The van der Waals surface area contributed by atoms with E-state index in [0.29, 0.717) is 11.3 Å². The molecule has 0 heterocycles. The molecule has 2 rings (SSSR count). The van der Waals surface area contributed by atoms with Gasteiger partial charge in [-0.15, -0.1) is 0 Å². The number of hydrogen-bond donors (Lipinski definition) is 3. The molecule has 0 spiro atoms. The van der Waals surface area contributed by atoms with Gasteiger partial charge in [0.05, 0.1) is 0 Å². The zero-order valence-corrected chi connectivity index (χ0v) is 12.6. The van der Waals surface area contributed by atoms with Crippen LogP contribution in [0.3, 0.4) is 0 Å². The monoisotopic (exact) mass is 297 g/mol. The quantitative estimate of drug-likeness (QED) is 0.808. The lowest BCUT2D eigenvalue weighted by molar-refractivity contribution is 0.102. The van der Waals surface area contributed by atoms with Gasteiger partial charge in [0.2, 0.25) is 0 Å². The SMILES string of the molecule is CC(C)NC(=O)Nc1cccc(C(=O)Nc2ccccc2)c1. The first kappa shape index (κ1) is 15.6. The van der Waals surface area contributed by atoms with Crippen LogP contribution >= 0.6 is 0 Å². The summed E-state index contributed by atoms with van der Waals surface area (Å²) in [6, 6.07) is 15.8. The summed E-state index contributed by atoms with van der Waals surface area (Å²) in [5, 5.41) is 8.24. The van der Waals surface area contributed by atoms with Crippen molar-refractivity contribution in [2.45, 2.75) is 19.9 Å². The number of para-hydroxylation sites is 1. The minimum absolute atomic E-state index is 0.0459. The predicted octanol–water partition coefficient (Wildman–Crippen LogP) is 3.47. The average Bonchev–Trinajstić information content (AvgIpc) is 2.47. The molecule has 0 atom stereocenters. The van der Waals surface area contributed by atoms with Crippen LogP contribution in [0, 0.1) is 0 Å². The molecule has 0 aromatic heterocycles. The van der Waals surface area contributed by atoms with Gasteiger partial charge in [0.1, 0.15) is 0 Å². The minimum Gasteiger partial charge on any atom is -0.336 e. The Morgan fingerprint density at radius 1 is 0.864 bits per heavy atom. The summed E-state index contributed by atoms with van der Waals surface area (Å²) in [5.41, 5.74) is 1.77. The van der Waals surface area contributed by atoms with Crippen molar-refractivity contribution in [3.05, 3.63) is 60.2 Å². The number of rotatable bonds is 4. The smallest absolute Gasteiger partial charge is 0.319 e. The fourth-order valence-electron chi connectivity index (χ4n) is 1.89. The summed E-state index contributed by atoms with van der Waals surface area (Å²) in [6.07, 6.45) is 0. The lowest BCUT2D eigenvalue weighted by Crippen LogP contribution is -2.34. The summed E-state index contributed by atoms with van der Waals surface area (Å²) < 4.78 is 0. The summed E-state index contributed by atoms with van der Waals surface area (Å²) in [5.74, 6) is -0.223. The van der Waals surface area contributed by atoms with Crippen molar-refractivity contribution in [3.8, 4) is 0 Å². The number of benzene rings is 2. The Balaban J connectivity index is 2.04. The highest BCUT2D eigenvalue weighted by atomic mass is 16.2. The van der Waals surface area contributed by atoms with Crippen molar-refractivity contribution in [2.24, 2.45) is 0 Å². The summed E-state index contributed by atoms with van der Waals surface area (Å²) in [7, 11) is 0. The molecule has 114 valence electrons. The topological polar surface area (TPSA) is 70.2 Å². The maximum Gasteiger partial charge on any atom is 0.319 e. The number of hydrogen-bond acceptors (Lipinski definition) is 2. The second kappa shape index (κ2) is 7.26. The Hall–Kier alpha value is -2.82. The van der Waals surface area contributed by atoms with Crippen molar-refractivity contribution in [3.63, 3.8) is 0 Å². The van der Waals surface area contributed by atoms with Crippen molar-refractivity contribution in [1.82, 2.24) is 5.32 Å². The minimum atomic E-state index is -0.296. The molecule has 22 heavy (non-hydrogen) atoms. The fourth-order valence-corrected chi connectivity index (χ4v) is 1.89. The van der Waals surface area contributed by atoms with Crippen molar-refractivity contribution in [2.75, 3.05) is 10.6 Å². The average molecular weight is 297 g/mol. The van der Waals surface area contributed by atoms with Crippen molar-refractivity contribution < 1.29 is 9.59 Å². The van der Waals surface area contributed by atoms with Crippen LogP contribution in [0.1, 0.15) is 24.2 Å². The summed E-state index contributed by atoms with van der Waals surface area (Å²) in [6.45, 7) is 3.76. The van der Waals surface area contributed by atoms with E-state index in [-0.39, 0.29) is 18.0 Å². The van der Waals surface area contributed by atoms with Crippen molar-refractivity contribution in [1.29, 1.82) is 0 Å². The van der Waals surface area contributed by atoms with Gasteiger partial charge in [0.25, 0.3) is 5.91 Å². The zero-order valence-electron chi connectivity index (χ0n) is 12.6. The lowest BCUT2D eigenvalue weighted by atomic mass is 10.2. The van der Waals surface area contributed by atoms with Crippen LogP contribution in [0.15, 0.2) is 54.6 Å². The molecule has 0 unspecified atom stereocenters. The fraction of sp³-hybridized carbons (Fsp3) is 0.176. The van der Waals surface area contributed by atoms with E-state index < -0.39 is 0 Å². The highest BCUT2D eigenvalue weighted by Crippen LogP contribution is 2.13. The Morgan fingerprint density at radius 3 is 2.23 bits per heavy atom. The lowest BCUT2D eigenvalue weighted by Gasteiger charge is -2.11. The molecular weight excluding hydrogens is 278 g/mol. The highest BCUT2D eigenvalue weighted by Gasteiger charge is 2.08. The summed E-state index contributed by atoms with van der Waals surface area (Å²) in [4.78, 5) is 23.9. The van der Waals surface area contributed by atoms with E-state index in [2.05, 4.69) is 16.0 Å². The van der Waals surface area contributed by atoms with E-state index in [0.717, 1.165) is 5.69 Å². The second-order valence-corrected chi connectivity index (χ2v) is 5.15. The molecule has 0 aliphatic rings. The van der Waals surface area contributed by atoms with E-state index in [4.69, 9.17) is 0 Å². The molecule has 0 saturated carbocycles. The van der Waals surface area contributed by atoms with Gasteiger partial charge in [0.15, 0.2) is 0 Å². The molecule has 0 bridgehead atoms. The van der Waals surface area contributed by atoms with E-state index in [1.807, 2.05) is 44.2 Å². The molecule has 0 aliphatic heterocycles. The first-order valence-corrected chi connectivity index (χ1v) is 7.08. The number of carbonyl (C=O) groups is 2. The zero-order chi connectivity index (χ0) is 15.9. The number of urea groups is 1. The largest absolute Gasteiger partial charge is 0.336 e. The third-order valence-electron chi connectivity index (χ3n) is 2.83. The number of amides is 3. The van der Waals surface area contributed by atoms with Gasteiger partial charge < -0.3 is 16.0 Å².